The normalized spacial score (nSPS) is 17.9. The van der Waals surface area contributed by atoms with Gasteiger partial charge >= 0.3 is 11.9 Å². The molecule has 1 heterocycles. The highest BCUT2D eigenvalue weighted by atomic mass is 16.7. The van der Waals surface area contributed by atoms with Crippen molar-refractivity contribution in [1.82, 2.24) is 0 Å². The molecule has 1 aliphatic rings. The van der Waals surface area contributed by atoms with Gasteiger partial charge in [0.15, 0.2) is 17.4 Å². The first kappa shape index (κ1) is 15.0. The standard InChI is InChI=1S/C14H16O7/c1-14(2)20-12(16)10(13(17)21-14)7-5-8(18-3)11(15)9(6-7)19-4/h5-6,10,15H,1-4H3. The number of carbonyl (C=O) groups excluding carboxylic acids is 2. The van der Waals surface area contributed by atoms with Gasteiger partial charge < -0.3 is 24.1 Å². The van der Waals surface area contributed by atoms with E-state index in [0.29, 0.717) is 0 Å². The van der Waals surface area contributed by atoms with Crippen LogP contribution in [0.2, 0.25) is 0 Å². The summed E-state index contributed by atoms with van der Waals surface area (Å²) in [6.45, 7) is 2.94. The van der Waals surface area contributed by atoms with E-state index in [2.05, 4.69) is 0 Å². The molecule has 0 unspecified atom stereocenters. The largest absolute Gasteiger partial charge is 0.502 e. The second-order valence-corrected chi connectivity index (χ2v) is 4.95. The minimum absolute atomic E-state index is 0.0785. The van der Waals surface area contributed by atoms with Crippen molar-refractivity contribution in [3.8, 4) is 17.2 Å². The molecule has 0 saturated carbocycles. The van der Waals surface area contributed by atoms with Crippen molar-refractivity contribution in [2.24, 2.45) is 0 Å². The highest BCUT2D eigenvalue weighted by Gasteiger charge is 2.44. The molecule has 114 valence electrons. The van der Waals surface area contributed by atoms with E-state index in [9.17, 15) is 14.7 Å². The molecular weight excluding hydrogens is 280 g/mol. The highest BCUT2D eigenvalue weighted by molar-refractivity contribution is 6.02. The second kappa shape index (κ2) is 5.16. The van der Waals surface area contributed by atoms with Gasteiger partial charge in [0.25, 0.3) is 5.79 Å². The first-order valence-corrected chi connectivity index (χ1v) is 6.19. The molecule has 7 heteroatoms. The summed E-state index contributed by atoms with van der Waals surface area (Å²) in [5, 5.41) is 9.84. The number of phenolic OH excluding ortho intramolecular Hbond substituents is 1. The van der Waals surface area contributed by atoms with E-state index in [1.807, 2.05) is 0 Å². The summed E-state index contributed by atoms with van der Waals surface area (Å²) in [6.07, 6.45) is 0. The third-order valence-electron chi connectivity index (χ3n) is 3.00. The van der Waals surface area contributed by atoms with Crippen molar-refractivity contribution in [3.05, 3.63) is 17.7 Å². The van der Waals surface area contributed by atoms with E-state index >= 15 is 0 Å². The van der Waals surface area contributed by atoms with Crippen LogP contribution in [0.25, 0.3) is 0 Å². The summed E-state index contributed by atoms with van der Waals surface area (Å²) >= 11 is 0. The molecule has 0 bridgehead atoms. The molecule has 7 nitrogen and oxygen atoms in total. The van der Waals surface area contributed by atoms with Gasteiger partial charge in [-0.25, -0.2) is 0 Å². The lowest BCUT2D eigenvalue weighted by Crippen LogP contribution is -2.45. The average Bonchev–Trinajstić information content (AvgIpc) is 2.37. The molecule has 1 N–H and O–H groups in total. The fourth-order valence-electron chi connectivity index (χ4n) is 2.07. The van der Waals surface area contributed by atoms with Gasteiger partial charge in [-0.1, -0.05) is 0 Å². The zero-order valence-electron chi connectivity index (χ0n) is 12.1. The van der Waals surface area contributed by atoms with Gasteiger partial charge in [-0.05, 0) is 17.7 Å². The van der Waals surface area contributed by atoms with Gasteiger partial charge in [0.1, 0.15) is 0 Å². The molecule has 0 atom stereocenters. The summed E-state index contributed by atoms with van der Waals surface area (Å²) in [6, 6.07) is 2.73. The maximum atomic E-state index is 12.0. The van der Waals surface area contributed by atoms with Crippen molar-refractivity contribution in [2.75, 3.05) is 14.2 Å². The molecule has 2 rings (SSSR count). The Bertz CT molecular complexity index is 546. The van der Waals surface area contributed by atoms with Gasteiger partial charge in [0, 0.05) is 13.8 Å². The van der Waals surface area contributed by atoms with Crippen LogP contribution in [0.1, 0.15) is 25.3 Å². The highest BCUT2D eigenvalue weighted by Crippen LogP contribution is 2.41. The fourth-order valence-corrected chi connectivity index (χ4v) is 2.07. The van der Waals surface area contributed by atoms with E-state index in [1.165, 1.54) is 40.2 Å². The maximum Gasteiger partial charge on any atom is 0.328 e. The molecule has 1 aliphatic heterocycles. The third-order valence-corrected chi connectivity index (χ3v) is 3.00. The number of methoxy groups -OCH3 is 2. The number of carbonyl (C=O) groups is 2. The van der Waals surface area contributed by atoms with Crippen LogP contribution >= 0.6 is 0 Å². The Morgan fingerprint density at radius 1 is 1.05 bits per heavy atom. The molecule has 0 spiro atoms. The molecular formula is C14H16O7. The van der Waals surface area contributed by atoms with Crippen LogP contribution < -0.4 is 9.47 Å². The van der Waals surface area contributed by atoms with Gasteiger partial charge in [0.05, 0.1) is 14.2 Å². The number of aromatic hydroxyl groups is 1. The van der Waals surface area contributed by atoms with Crippen molar-refractivity contribution >= 4 is 11.9 Å². The van der Waals surface area contributed by atoms with Crippen LogP contribution in [0.4, 0.5) is 0 Å². The number of rotatable bonds is 3. The molecule has 21 heavy (non-hydrogen) atoms. The van der Waals surface area contributed by atoms with Crippen LogP contribution in [0.15, 0.2) is 12.1 Å². The van der Waals surface area contributed by atoms with Crippen LogP contribution in [0.5, 0.6) is 17.2 Å². The number of ether oxygens (including phenoxy) is 4. The van der Waals surface area contributed by atoms with Crippen molar-refractivity contribution in [2.45, 2.75) is 25.6 Å². The Kier molecular flexibility index (Phi) is 3.67. The minimum atomic E-state index is -1.30. The maximum absolute atomic E-state index is 12.0. The van der Waals surface area contributed by atoms with Crippen LogP contribution in [0.3, 0.4) is 0 Å². The Labute approximate surface area is 121 Å². The van der Waals surface area contributed by atoms with Gasteiger partial charge in [0.2, 0.25) is 5.75 Å². The summed E-state index contributed by atoms with van der Waals surface area (Å²) in [5.41, 5.74) is 0.256. The number of phenols is 1. The zero-order chi connectivity index (χ0) is 15.8. The number of hydrogen-bond donors (Lipinski definition) is 1. The Hall–Kier alpha value is -2.44. The smallest absolute Gasteiger partial charge is 0.328 e. The Morgan fingerprint density at radius 3 is 1.86 bits per heavy atom. The first-order chi connectivity index (χ1) is 9.79. The second-order valence-electron chi connectivity index (χ2n) is 4.95. The van der Waals surface area contributed by atoms with Crippen molar-refractivity contribution < 1.29 is 33.6 Å². The average molecular weight is 296 g/mol. The van der Waals surface area contributed by atoms with Crippen LogP contribution in [-0.2, 0) is 19.1 Å². The number of cyclic esters (lactones) is 2. The quantitative estimate of drug-likeness (QED) is 0.664. The molecule has 0 aromatic heterocycles. The summed E-state index contributed by atoms with van der Waals surface area (Å²) in [5.74, 6) is -4.07. The fraction of sp³-hybridized carbons (Fsp3) is 0.429. The lowest BCUT2D eigenvalue weighted by Gasteiger charge is -2.33. The molecule has 1 saturated heterocycles. The van der Waals surface area contributed by atoms with Crippen LogP contribution in [0, 0.1) is 0 Å². The topological polar surface area (TPSA) is 91.3 Å². The van der Waals surface area contributed by atoms with Gasteiger partial charge in [-0.3, -0.25) is 9.59 Å². The zero-order valence-corrected chi connectivity index (χ0v) is 12.1. The van der Waals surface area contributed by atoms with Crippen LogP contribution in [-0.4, -0.2) is 37.1 Å². The number of esters is 2. The molecule has 1 aromatic carbocycles. The summed E-state index contributed by atoms with van der Waals surface area (Å²) < 4.78 is 20.1. The monoisotopic (exact) mass is 296 g/mol. The van der Waals surface area contributed by atoms with Gasteiger partial charge in [-0.15, -0.1) is 0 Å². The lowest BCUT2D eigenvalue weighted by atomic mass is 9.97. The summed E-state index contributed by atoms with van der Waals surface area (Å²) in [4.78, 5) is 24.1. The van der Waals surface area contributed by atoms with E-state index < -0.39 is 23.6 Å². The molecule has 1 aromatic rings. The molecule has 0 amide bonds. The predicted molar refractivity (Wildman–Crippen MR) is 70.2 cm³/mol. The molecule has 1 fully saturated rings. The Morgan fingerprint density at radius 2 is 1.48 bits per heavy atom. The van der Waals surface area contributed by atoms with Crippen molar-refractivity contribution in [3.63, 3.8) is 0 Å². The van der Waals surface area contributed by atoms with E-state index in [1.54, 1.807) is 0 Å². The van der Waals surface area contributed by atoms with Crippen molar-refractivity contribution in [1.29, 1.82) is 0 Å². The van der Waals surface area contributed by atoms with Gasteiger partial charge in [-0.2, -0.15) is 0 Å². The molecule has 0 aliphatic carbocycles. The third kappa shape index (κ3) is 2.72. The minimum Gasteiger partial charge on any atom is -0.502 e. The summed E-state index contributed by atoms with van der Waals surface area (Å²) in [7, 11) is 2.69. The first-order valence-electron chi connectivity index (χ1n) is 6.19. The number of hydrogen-bond acceptors (Lipinski definition) is 7. The number of benzene rings is 1. The lowest BCUT2D eigenvalue weighted by molar-refractivity contribution is -0.234. The van der Waals surface area contributed by atoms with E-state index in [4.69, 9.17) is 18.9 Å². The predicted octanol–water partition coefficient (Wildman–Crippen LogP) is 1.33. The van der Waals surface area contributed by atoms with E-state index in [-0.39, 0.29) is 22.8 Å². The Balaban J connectivity index is 2.46. The SMILES string of the molecule is COc1cc(C2C(=O)OC(C)(C)OC2=O)cc(OC)c1O. The molecule has 0 radical (unpaired) electrons. The van der Waals surface area contributed by atoms with E-state index in [0.717, 1.165) is 0 Å².